The number of nitrogens with one attached hydrogen (secondary N) is 2. The van der Waals surface area contributed by atoms with Crippen molar-refractivity contribution in [2.75, 3.05) is 33.9 Å². The second kappa shape index (κ2) is 13.2. The average Bonchev–Trinajstić information content (AvgIpc) is 2.69. The molecule has 27 heavy (non-hydrogen) atoms. The average molecular weight is 485 g/mol. The number of halogens is 1. The molecular weight excluding hydrogens is 457 g/mol. The summed E-state index contributed by atoms with van der Waals surface area (Å²) >= 11 is 0. The summed E-state index contributed by atoms with van der Waals surface area (Å²) in [6, 6.07) is 15.5. The number of rotatable bonds is 9. The van der Waals surface area contributed by atoms with Crippen LogP contribution in [0.3, 0.4) is 0 Å². The van der Waals surface area contributed by atoms with Gasteiger partial charge in [-0.2, -0.15) is 0 Å². The van der Waals surface area contributed by atoms with E-state index in [0.717, 1.165) is 30.4 Å². The molecule has 2 aromatic rings. The maximum Gasteiger partial charge on any atom is 0.191 e. The fourth-order valence-electron chi connectivity index (χ4n) is 2.30. The molecule has 0 aliphatic rings. The van der Waals surface area contributed by atoms with Crippen molar-refractivity contribution in [3.8, 4) is 17.2 Å². The van der Waals surface area contributed by atoms with Crippen LogP contribution in [0.15, 0.2) is 53.5 Å². The van der Waals surface area contributed by atoms with Gasteiger partial charge in [0.25, 0.3) is 0 Å². The van der Waals surface area contributed by atoms with Gasteiger partial charge >= 0.3 is 0 Å². The Hall–Kier alpha value is -2.00. The summed E-state index contributed by atoms with van der Waals surface area (Å²) in [6.07, 6.45) is 0. The molecule has 2 aromatic carbocycles. The number of nitrogens with zero attached hydrogens (tertiary/aromatic N) is 1. The third-order valence-electron chi connectivity index (χ3n) is 3.65. The highest BCUT2D eigenvalue weighted by Crippen LogP contribution is 2.30. The monoisotopic (exact) mass is 485 g/mol. The van der Waals surface area contributed by atoms with Crippen molar-refractivity contribution >= 4 is 29.9 Å². The molecule has 7 heteroatoms. The van der Waals surface area contributed by atoms with Gasteiger partial charge in [-0.3, -0.25) is 4.99 Å². The molecule has 2 N–H and O–H groups in total. The molecule has 0 atom stereocenters. The minimum absolute atomic E-state index is 0. The standard InChI is InChI=1S/C20H27N3O3.HI/c1-4-25-14-13-22-20(21-2)23-15-16-9-11-17(12-10-16)26-19-8-6-5-7-18(19)24-3;/h5-12H,4,13-15H2,1-3H3,(H2,21,22,23);1H. The van der Waals surface area contributed by atoms with Crippen molar-refractivity contribution in [1.82, 2.24) is 10.6 Å². The van der Waals surface area contributed by atoms with Crippen LogP contribution in [-0.4, -0.2) is 39.9 Å². The van der Waals surface area contributed by atoms with E-state index in [1.54, 1.807) is 14.2 Å². The Balaban J connectivity index is 0.00000364. The second-order valence-electron chi connectivity index (χ2n) is 5.45. The number of hydrogen-bond donors (Lipinski definition) is 2. The van der Waals surface area contributed by atoms with Gasteiger partial charge in [-0.15, -0.1) is 24.0 Å². The largest absolute Gasteiger partial charge is 0.493 e. The van der Waals surface area contributed by atoms with Gasteiger partial charge < -0.3 is 24.8 Å². The number of benzene rings is 2. The molecular formula is C20H28IN3O3. The van der Waals surface area contributed by atoms with Gasteiger partial charge in [-0.05, 0) is 36.8 Å². The van der Waals surface area contributed by atoms with E-state index in [2.05, 4.69) is 15.6 Å². The highest BCUT2D eigenvalue weighted by molar-refractivity contribution is 14.0. The van der Waals surface area contributed by atoms with Gasteiger partial charge in [-0.1, -0.05) is 24.3 Å². The van der Waals surface area contributed by atoms with Crippen LogP contribution in [0, 0.1) is 0 Å². The van der Waals surface area contributed by atoms with Crippen LogP contribution in [0.4, 0.5) is 0 Å². The molecule has 0 amide bonds. The Morgan fingerprint density at radius 1 is 1.00 bits per heavy atom. The zero-order valence-electron chi connectivity index (χ0n) is 16.0. The third kappa shape index (κ3) is 8.04. The fraction of sp³-hybridized carbons (Fsp3) is 0.350. The molecule has 0 aliphatic carbocycles. The molecule has 0 unspecified atom stereocenters. The van der Waals surface area contributed by atoms with Crippen LogP contribution >= 0.6 is 24.0 Å². The summed E-state index contributed by atoms with van der Waals surface area (Å²) in [5.41, 5.74) is 1.13. The number of para-hydroxylation sites is 2. The maximum absolute atomic E-state index is 5.88. The number of hydrogen-bond acceptors (Lipinski definition) is 4. The van der Waals surface area contributed by atoms with Crippen molar-refractivity contribution in [3.05, 3.63) is 54.1 Å². The molecule has 0 fully saturated rings. The summed E-state index contributed by atoms with van der Waals surface area (Å²) in [5.74, 6) is 2.91. The topological polar surface area (TPSA) is 64.1 Å². The van der Waals surface area contributed by atoms with Gasteiger partial charge in [0.2, 0.25) is 0 Å². The summed E-state index contributed by atoms with van der Waals surface area (Å²) in [4.78, 5) is 4.19. The highest BCUT2D eigenvalue weighted by atomic mass is 127. The second-order valence-corrected chi connectivity index (χ2v) is 5.45. The molecule has 148 valence electrons. The number of aliphatic imine (C=N–C) groups is 1. The smallest absolute Gasteiger partial charge is 0.191 e. The van der Waals surface area contributed by atoms with Crippen molar-refractivity contribution in [3.63, 3.8) is 0 Å². The molecule has 0 heterocycles. The predicted molar refractivity (Wildman–Crippen MR) is 120 cm³/mol. The normalized spacial score (nSPS) is 10.7. The number of ether oxygens (including phenoxy) is 3. The van der Waals surface area contributed by atoms with E-state index >= 15 is 0 Å². The predicted octanol–water partition coefficient (Wildman–Crippen LogP) is 3.81. The maximum atomic E-state index is 5.88. The van der Waals surface area contributed by atoms with Crippen molar-refractivity contribution in [1.29, 1.82) is 0 Å². The van der Waals surface area contributed by atoms with E-state index in [-0.39, 0.29) is 24.0 Å². The van der Waals surface area contributed by atoms with Gasteiger partial charge in [0.15, 0.2) is 17.5 Å². The van der Waals surface area contributed by atoms with Crippen LogP contribution in [0.25, 0.3) is 0 Å². The molecule has 6 nitrogen and oxygen atoms in total. The van der Waals surface area contributed by atoms with E-state index in [0.29, 0.717) is 24.7 Å². The summed E-state index contributed by atoms with van der Waals surface area (Å²) < 4.78 is 16.5. The molecule has 0 aliphatic heterocycles. The summed E-state index contributed by atoms with van der Waals surface area (Å²) in [7, 11) is 3.38. The first-order valence-corrected chi connectivity index (χ1v) is 8.69. The zero-order valence-corrected chi connectivity index (χ0v) is 18.4. The lowest BCUT2D eigenvalue weighted by Gasteiger charge is -2.13. The van der Waals surface area contributed by atoms with E-state index in [1.165, 1.54) is 0 Å². The quantitative estimate of drug-likeness (QED) is 0.245. The van der Waals surface area contributed by atoms with Crippen LogP contribution < -0.4 is 20.1 Å². The van der Waals surface area contributed by atoms with Crippen LogP contribution in [0.5, 0.6) is 17.2 Å². The van der Waals surface area contributed by atoms with Crippen LogP contribution in [0.2, 0.25) is 0 Å². The zero-order chi connectivity index (χ0) is 18.6. The van der Waals surface area contributed by atoms with Gasteiger partial charge in [-0.25, -0.2) is 0 Å². The summed E-state index contributed by atoms with van der Waals surface area (Å²) in [5, 5.41) is 6.48. The lowest BCUT2D eigenvalue weighted by atomic mass is 10.2. The Morgan fingerprint density at radius 3 is 2.33 bits per heavy atom. The van der Waals surface area contributed by atoms with Crippen LogP contribution in [-0.2, 0) is 11.3 Å². The minimum atomic E-state index is 0. The van der Waals surface area contributed by atoms with E-state index in [4.69, 9.17) is 14.2 Å². The first-order valence-electron chi connectivity index (χ1n) is 8.69. The molecule has 2 rings (SSSR count). The lowest BCUT2D eigenvalue weighted by molar-refractivity contribution is 0.152. The summed E-state index contributed by atoms with van der Waals surface area (Å²) in [6.45, 7) is 4.75. The van der Waals surface area contributed by atoms with Gasteiger partial charge in [0.05, 0.1) is 13.7 Å². The lowest BCUT2D eigenvalue weighted by Crippen LogP contribution is -2.38. The Morgan fingerprint density at radius 2 is 1.70 bits per heavy atom. The molecule has 0 radical (unpaired) electrons. The van der Waals surface area contributed by atoms with Crippen molar-refractivity contribution in [2.24, 2.45) is 4.99 Å². The van der Waals surface area contributed by atoms with Gasteiger partial charge in [0.1, 0.15) is 5.75 Å². The first-order chi connectivity index (χ1) is 12.8. The molecule has 0 bridgehead atoms. The number of methoxy groups -OCH3 is 1. The van der Waals surface area contributed by atoms with Crippen LogP contribution in [0.1, 0.15) is 12.5 Å². The third-order valence-corrected chi connectivity index (χ3v) is 3.65. The Kier molecular flexibility index (Phi) is 11.3. The molecule has 0 saturated heterocycles. The van der Waals surface area contributed by atoms with Gasteiger partial charge in [0, 0.05) is 26.7 Å². The molecule has 0 spiro atoms. The molecule has 0 aromatic heterocycles. The van der Waals surface area contributed by atoms with E-state index in [1.807, 2.05) is 55.5 Å². The van der Waals surface area contributed by atoms with E-state index < -0.39 is 0 Å². The Labute approximate surface area is 178 Å². The fourth-order valence-corrected chi connectivity index (χ4v) is 2.30. The molecule has 0 saturated carbocycles. The van der Waals surface area contributed by atoms with Crippen molar-refractivity contribution < 1.29 is 14.2 Å². The number of guanidine groups is 1. The first kappa shape index (κ1) is 23.0. The SMILES string of the molecule is CCOCCNC(=NC)NCc1ccc(Oc2ccccc2OC)cc1.I. The van der Waals surface area contributed by atoms with Crippen molar-refractivity contribution in [2.45, 2.75) is 13.5 Å². The highest BCUT2D eigenvalue weighted by Gasteiger charge is 2.04. The minimum Gasteiger partial charge on any atom is -0.493 e. The Bertz CT molecular complexity index is 693. The van der Waals surface area contributed by atoms with E-state index in [9.17, 15) is 0 Å².